The van der Waals surface area contributed by atoms with Gasteiger partial charge >= 0.3 is 0 Å². The summed E-state index contributed by atoms with van der Waals surface area (Å²) in [5, 5.41) is 3.95. The van der Waals surface area contributed by atoms with Crippen LogP contribution < -0.4 is 0 Å². The van der Waals surface area contributed by atoms with Crippen molar-refractivity contribution in [2.75, 3.05) is 0 Å². The van der Waals surface area contributed by atoms with Crippen molar-refractivity contribution < 1.29 is 9.32 Å². The molecule has 0 aliphatic carbocycles. The number of rotatable bonds is 5. The molecule has 4 heteroatoms. The molecule has 1 aromatic carbocycles. The van der Waals surface area contributed by atoms with Crippen LogP contribution in [0.1, 0.15) is 49.0 Å². The van der Waals surface area contributed by atoms with Crippen LogP contribution in [0.3, 0.4) is 0 Å². The predicted molar refractivity (Wildman–Crippen MR) is 72.0 cm³/mol. The molecule has 0 spiro atoms. The minimum absolute atomic E-state index is 0.0630. The largest absolute Gasteiger partial charge is 0.339 e. The van der Waals surface area contributed by atoms with E-state index in [0.717, 1.165) is 5.56 Å². The molecular weight excluding hydrogens is 240 g/mol. The van der Waals surface area contributed by atoms with Crippen LogP contribution in [0, 0.1) is 6.92 Å². The Morgan fingerprint density at radius 2 is 2.00 bits per heavy atom. The molecule has 0 fully saturated rings. The number of nitrogens with zero attached hydrogens (tertiary/aromatic N) is 2. The normalized spacial score (nSPS) is 12.4. The first-order valence-corrected chi connectivity index (χ1v) is 6.48. The van der Waals surface area contributed by atoms with Crippen LogP contribution in [0.5, 0.6) is 0 Å². The zero-order chi connectivity index (χ0) is 13.8. The lowest BCUT2D eigenvalue weighted by molar-refractivity contribution is -0.119. The van der Waals surface area contributed by atoms with Crippen LogP contribution in [-0.4, -0.2) is 15.9 Å². The fraction of sp³-hybridized carbons (Fsp3) is 0.400. The molecular formula is C15H18N2O2. The maximum absolute atomic E-state index is 11.5. The average molecular weight is 258 g/mol. The number of hydrogen-bond acceptors (Lipinski definition) is 4. The van der Waals surface area contributed by atoms with E-state index >= 15 is 0 Å². The molecule has 1 unspecified atom stereocenters. The van der Waals surface area contributed by atoms with Crippen molar-refractivity contribution in [1.82, 2.24) is 10.1 Å². The second kappa shape index (κ2) is 5.78. The van der Waals surface area contributed by atoms with Crippen LogP contribution in [0.25, 0.3) is 0 Å². The van der Waals surface area contributed by atoms with Crippen molar-refractivity contribution in [1.29, 1.82) is 0 Å². The average Bonchev–Trinajstić information content (AvgIpc) is 2.81. The highest BCUT2D eigenvalue weighted by atomic mass is 16.5. The molecule has 0 N–H and O–H groups in total. The molecule has 1 heterocycles. The third-order valence-electron chi connectivity index (χ3n) is 3.16. The van der Waals surface area contributed by atoms with Gasteiger partial charge in [0.2, 0.25) is 5.89 Å². The summed E-state index contributed by atoms with van der Waals surface area (Å²) in [5.74, 6) is 0.836. The summed E-state index contributed by atoms with van der Waals surface area (Å²) in [5.41, 5.74) is 2.36. The van der Waals surface area contributed by atoms with E-state index in [2.05, 4.69) is 29.2 Å². The van der Waals surface area contributed by atoms with Gasteiger partial charge in [-0.25, -0.2) is 0 Å². The summed E-state index contributed by atoms with van der Waals surface area (Å²) < 4.78 is 5.19. The molecule has 1 aromatic heterocycles. The molecule has 0 saturated carbocycles. The Hall–Kier alpha value is -1.97. The summed E-state index contributed by atoms with van der Waals surface area (Å²) in [4.78, 5) is 15.8. The Kier molecular flexibility index (Phi) is 4.10. The molecule has 0 bridgehead atoms. The number of carbonyl (C=O) groups is 1. The quantitative estimate of drug-likeness (QED) is 0.827. The highest BCUT2D eigenvalue weighted by Gasteiger charge is 2.21. The minimum atomic E-state index is -0.278. The smallest absolute Gasteiger partial charge is 0.237 e. The summed E-state index contributed by atoms with van der Waals surface area (Å²) >= 11 is 0. The van der Waals surface area contributed by atoms with Gasteiger partial charge in [0.15, 0.2) is 5.82 Å². The summed E-state index contributed by atoms with van der Waals surface area (Å²) in [6.45, 7) is 5.54. The molecule has 100 valence electrons. The van der Waals surface area contributed by atoms with Gasteiger partial charge in [-0.15, -0.1) is 0 Å². The van der Waals surface area contributed by atoms with Crippen molar-refractivity contribution in [2.45, 2.75) is 39.5 Å². The molecule has 1 atom stereocenters. The molecule has 2 aromatic rings. The van der Waals surface area contributed by atoms with E-state index in [1.54, 1.807) is 6.92 Å². The minimum Gasteiger partial charge on any atom is -0.339 e. The monoisotopic (exact) mass is 258 g/mol. The van der Waals surface area contributed by atoms with Crippen LogP contribution in [0.15, 0.2) is 28.8 Å². The van der Waals surface area contributed by atoms with Crippen molar-refractivity contribution >= 4 is 5.78 Å². The number of ketones is 1. The van der Waals surface area contributed by atoms with Crippen molar-refractivity contribution in [3.05, 3.63) is 47.1 Å². The molecule has 0 radical (unpaired) electrons. The molecule has 0 amide bonds. The number of aromatic nitrogens is 2. The van der Waals surface area contributed by atoms with Crippen molar-refractivity contribution in [3.8, 4) is 0 Å². The zero-order valence-corrected chi connectivity index (χ0v) is 11.5. The van der Waals surface area contributed by atoms with Gasteiger partial charge in [0, 0.05) is 6.42 Å². The fourth-order valence-electron chi connectivity index (χ4n) is 2.01. The second-order valence-corrected chi connectivity index (χ2v) is 4.78. The van der Waals surface area contributed by atoms with Crippen molar-refractivity contribution in [2.24, 2.45) is 0 Å². The number of Topliss-reactive ketones (excluding diaryl/α,β-unsaturated/α-hetero) is 1. The van der Waals surface area contributed by atoms with Gasteiger partial charge in [0.25, 0.3) is 0 Å². The van der Waals surface area contributed by atoms with Crippen LogP contribution >= 0.6 is 0 Å². The van der Waals surface area contributed by atoms with E-state index in [4.69, 9.17) is 4.52 Å². The summed E-state index contributed by atoms with van der Waals surface area (Å²) in [6, 6.07) is 8.21. The number of aryl methyl sites for hydroxylation is 1. The Morgan fingerprint density at radius 1 is 1.32 bits per heavy atom. The molecule has 2 rings (SSSR count). The molecule has 0 saturated heterocycles. The van der Waals surface area contributed by atoms with Crippen LogP contribution in [-0.2, 0) is 11.2 Å². The first-order valence-electron chi connectivity index (χ1n) is 6.48. The Labute approximate surface area is 112 Å². The molecule has 19 heavy (non-hydrogen) atoms. The Balaban J connectivity index is 2.13. The first kappa shape index (κ1) is 13.5. The Bertz CT molecular complexity index is 558. The Morgan fingerprint density at radius 3 is 2.58 bits per heavy atom. The molecule has 4 nitrogen and oxygen atoms in total. The maximum atomic E-state index is 11.5. The van der Waals surface area contributed by atoms with Crippen molar-refractivity contribution in [3.63, 3.8) is 0 Å². The van der Waals surface area contributed by atoms with Gasteiger partial charge in [0.05, 0.1) is 5.92 Å². The standard InChI is InChI=1S/C15H18N2O2/c1-4-13(11(3)18)15-16-14(17-19-15)9-12-7-5-10(2)6-8-12/h5-8,13H,4,9H2,1-3H3. The van der Waals surface area contributed by atoms with E-state index < -0.39 is 0 Å². The van der Waals surface area contributed by atoms with Gasteiger partial charge in [-0.05, 0) is 25.8 Å². The van der Waals surface area contributed by atoms with Gasteiger partial charge in [-0.2, -0.15) is 4.98 Å². The SMILES string of the molecule is CCC(C(C)=O)c1nc(Cc2ccc(C)cc2)no1. The van der Waals surface area contributed by atoms with Crippen LogP contribution in [0.4, 0.5) is 0 Å². The third-order valence-corrected chi connectivity index (χ3v) is 3.16. The lowest BCUT2D eigenvalue weighted by Crippen LogP contribution is -2.08. The highest BCUT2D eigenvalue weighted by Crippen LogP contribution is 2.19. The lowest BCUT2D eigenvalue weighted by atomic mass is 10.0. The molecule has 0 aliphatic rings. The highest BCUT2D eigenvalue weighted by molar-refractivity contribution is 5.82. The zero-order valence-electron chi connectivity index (χ0n) is 11.5. The van der Waals surface area contributed by atoms with Gasteiger partial charge in [-0.1, -0.05) is 41.9 Å². The number of benzene rings is 1. The number of carbonyl (C=O) groups excluding carboxylic acids is 1. The predicted octanol–water partition coefficient (Wildman–Crippen LogP) is 3.05. The van der Waals surface area contributed by atoms with E-state index in [-0.39, 0.29) is 11.7 Å². The lowest BCUT2D eigenvalue weighted by Gasteiger charge is -2.03. The third kappa shape index (κ3) is 3.28. The number of hydrogen-bond donors (Lipinski definition) is 0. The van der Waals surface area contributed by atoms with E-state index in [9.17, 15) is 4.79 Å². The first-order chi connectivity index (χ1) is 9.10. The maximum Gasteiger partial charge on any atom is 0.237 e. The summed E-state index contributed by atoms with van der Waals surface area (Å²) in [6.07, 6.45) is 1.31. The summed E-state index contributed by atoms with van der Waals surface area (Å²) in [7, 11) is 0. The van der Waals surface area contributed by atoms with Gasteiger partial charge < -0.3 is 4.52 Å². The van der Waals surface area contributed by atoms with Gasteiger partial charge in [-0.3, -0.25) is 4.79 Å². The topological polar surface area (TPSA) is 56.0 Å². The van der Waals surface area contributed by atoms with Crippen LogP contribution in [0.2, 0.25) is 0 Å². The van der Waals surface area contributed by atoms with E-state index in [1.165, 1.54) is 5.56 Å². The van der Waals surface area contributed by atoms with E-state index in [1.807, 2.05) is 19.1 Å². The molecule has 0 aliphatic heterocycles. The fourth-order valence-corrected chi connectivity index (χ4v) is 2.01. The van der Waals surface area contributed by atoms with Gasteiger partial charge in [0.1, 0.15) is 5.78 Å². The van der Waals surface area contributed by atoms with E-state index in [0.29, 0.717) is 24.6 Å². The second-order valence-electron chi connectivity index (χ2n) is 4.78.